The molecule has 0 aromatic heterocycles. The van der Waals surface area contributed by atoms with E-state index in [9.17, 15) is 26.3 Å². The third-order valence-corrected chi connectivity index (χ3v) is 6.61. The van der Waals surface area contributed by atoms with Crippen molar-refractivity contribution in [2.24, 2.45) is 0 Å². The summed E-state index contributed by atoms with van der Waals surface area (Å²) in [5, 5.41) is 0. The van der Waals surface area contributed by atoms with Crippen LogP contribution in [0, 0.1) is 23.3 Å². The zero-order chi connectivity index (χ0) is 26.0. The van der Waals surface area contributed by atoms with Gasteiger partial charge in [-0.25, -0.2) is 17.6 Å². The summed E-state index contributed by atoms with van der Waals surface area (Å²) in [6.45, 7) is 2.04. The Morgan fingerprint density at radius 3 is 2.17 bits per heavy atom. The highest BCUT2D eigenvalue weighted by Crippen LogP contribution is 2.40. The molecule has 0 fully saturated rings. The molecule has 1 atom stereocenters. The smallest absolute Gasteiger partial charge is 0.406 e. The molecule has 0 radical (unpaired) electrons. The molecule has 3 aromatic rings. The number of unbranched alkanes of at least 4 members (excludes halogenated alkanes) is 2. The van der Waals surface area contributed by atoms with Crippen LogP contribution in [-0.2, 0) is 19.3 Å². The molecule has 36 heavy (non-hydrogen) atoms. The molecular weight excluding hydrogens is 485 g/mol. The van der Waals surface area contributed by atoms with E-state index in [0.717, 1.165) is 49.6 Å². The van der Waals surface area contributed by atoms with Crippen molar-refractivity contribution >= 4 is 0 Å². The summed E-state index contributed by atoms with van der Waals surface area (Å²) in [6, 6.07) is 8.10. The van der Waals surface area contributed by atoms with Gasteiger partial charge in [-0.2, -0.15) is 0 Å². The molecule has 0 heterocycles. The fraction of sp³-hybridized carbons (Fsp3) is 0.357. The SMILES string of the molecule is CCCCCc1cc(F)c(C2CCc3c(cc(F)c(-c4ccc(OC(F)(F)F)cc4)c3F)C2)c(F)c1. The van der Waals surface area contributed by atoms with E-state index in [0.29, 0.717) is 17.5 Å². The van der Waals surface area contributed by atoms with E-state index in [1.807, 2.05) is 6.92 Å². The molecule has 0 N–H and O–H groups in total. The first-order valence-electron chi connectivity index (χ1n) is 11.9. The third-order valence-electron chi connectivity index (χ3n) is 6.61. The molecule has 3 aromatic carbocycles. The van der Waals surface area contributed by atoms with Crippen LogP contribution in [-0.4, -0.2) is 6.36 Å². The monoisotopic (exact) mass is 510 g/mol. The number of ether oxygens (including phenoxy) is 1. The number of alkyl halides is 3. The minimum absolute atomic E-state index is 0.0557. The summed E-state index contributed by atoms with van der Waals surface area (Å²) in [5.41, 5.74) is 0.791. The number of fused-ring (bicyclic) bond motifs is 1. The molecule has 1 unspecified atom stereocenters. The maximum Gasteiger partial charge on any atom is 0.573 e. The Bertz CT molecular complexity index is 1210. The van der Waals surface area contributed by atoms with Gasteiger partial charge in [-0.15, -0.1) is 13.2 Å². The predicted molar refractivity (Wildman–Crippen MR) is 123 cm³/mol. The molecule has 4 rings (SSSR count). The Morgan fingerprint density at radius 1 is 0.889 bits per heavy atom. The summed E-state index contributed by atoms with van der Waals surface area (Å²) in [5.74, 6) is -4.08. The molecule has 0 saturated heterocycles. The summed E-state index contributed by atoms with van der Waals surface area (Å²) >= 11 is 0. The first-order valence-corrected chi connectivity index (χ1v) is 11.9. The summed E-state index contributed by atoms with van der Waals surface area (Å²) in [6.07, 6.45) is -1.00. The van der Waals surface area contributed by atoms with Gasteiger partial charge in [-0.3, -0.25) is 0 Å². The average molecular weight is 510 g/mol. The first-order chi connectivity index (χ1) is 17.1. The standard InChI is InChI=1S/C28H25F7O/c1-2-3-4-5-16-12-22(29)25(23(30)13-16)18-8-11-21-19(14-18)15-24(31)26(27(21)32)17-6-9-20(10-7-17)36-28(33,34)35/h6-7,9-10,12-13,15,18H,2-5,8,11,14H2,1H3. The van der Waals surface area contributed by atoms with Crippen LogP contribution in [0.15, 0.2) is 42.5 Å². The maximum absolute atomic E-state index is 15.4. The zero-order valence-electron chi connectivity index (χ0n) is 19.6. The molecular formula is C28H25F7O. The second-order valence-corrected chi connectivity index (χ2v) is 9.13. The summed E-state index contributed by atoms with van der Waals surface area (Å²) < 4.78 is 101. The van der Waals surface area contributed by atoms with Crippen LogP contribution in [0.3, 0.4) is 0 Å². The second-order valence-electron chi connectivity index (χ2n) is 9.13. The van der Waals surface area contributed by atoms with Gasteiger partial charge in [0.2, 0.25) is 0 Å². The van der Waals surface area contributed by atoms with Gasteiger partial charge < -0.3 is 4.74 Å². The van der Waals surface area contributed by atoms with Crippen LogP contribution in [0.25, 0.3) is 11.1 Å². The fourth-order valence-corrected chi connectivity index (χ4v) is 4.93. The Kier molecular flexibility index (Phi) is 7.62. The van der Waals surface area contributed by atoms with Crippen LogP contribution in [0.2, 0.25) is 0 Å². The minimum Gasteiger partial charge on any atom is -0.406 e. The fourth-order valence-electron chi connectivity index (χ4n) is 4.93. The molecule has 0 amide bonds. The Balaban J connectivity index is 1.58. The minimum atomic E-state index is -4.88. The number of hydrogen-bond acceptors (Lipinski definition) is 1. The van der Waals surface area contributed by atoms with Crippen LogP contribution >= 0.6 is 0 Å². The largest absolute Gasteiger partial charge is 0.573 e. The molecule has 1 nitrogen and oxygen atoms in total. The molecule has 8 heteroatoms. The van der Waals surface area contributed by atoms with Crippen LogP contribution in [0.4, 0.5) is 30.7 Å². The maximum atomic E-state index is 15.4. The first kappa shape index (κ1) is 26.0. The van der Waals surface area contributed by atoms with E-state index in [-0.39, 0.29) is 41.5 Å². The highest BCUT2D eigenvalue weighted by atomic mass is 19.4. The average Bonchev–Trinajstić information content (AvgIpc) is 2.79. The number of aryl methyl sites for hydroxylation is 1. The molecule has 192 valence electrons. The lowest BCUT2D eigenvalue weighted by molar-refractivity contribution is -0.274. The van der Waals surface area contributed by atoms with Gasteiger partial charge in [0.15, 0.2) is 0 Å². The van der Waals surface area contributed by atoms with Crippen LogP contribution in [0.1, 0.15) is 60.8 Å². The molecule has 0 spiro atoms. The van der Waals surface area contributed by atoms with Crippen molar-refractivity contribution in [1.82, 2.24) is 0 Å². The van der Waals surface area contributed by atoms with Crippen LogP contribution < -0.4 is 4.74 Å². The molecule has 1 aliphatic rings. The van der Waals surface area contributed by atoms with Crippen molar-refractivity contribution in [3.63, 3.8) is 0 Å². The summed E-state index contributed by atoms with van der Waals surface area (Å²) in [4.78, 5) is 0. The normalized spacial score (nSPS) is 15.6. The van der Waals surface area contributed by atoms with Gasteiger partial charge >= 0.3 is 6.36 Å². The van der Waals surface area contributed by atoms with Gasteiger partial charge in [0.1, 0.15) is 29.0 Å². The predicted octanol–water partition coefficient (Wildman–Crippen LogP) is 8.81. The Labute approximate surface area is 204 Å². The van der Waals surface area contributed by atoms with E-state index < -0.39 is 41.3 Å². The van der Waals surface area contributed by atoms with E-state index in [2.05, 4.69) is 4.74 Å². The summed E-state index contributed by atoms with van der Waals surface area (Å²) in [7, 11) is 0. The number of benzene rings is 3. The van der Waals surface area contributed by atoms with Crippen molar-refractivity contribution in [2.75, 3.05) is 0 Å². The highest BCUT2D eigenvalue weighted by Gasteiger charge is 2.32. The van der Waals surface area contributed by atoms with E-state index in [1.165, 1.54) is 12.1 Å². The Morgan fingerprint density at radius 2 is 1.56 bits per heavy atom. The lowest BCUT2D eigenvalue weighted by Crippen LogP contribution is -2.18. The third kappa shape index (κ3) is 5.68. The van der Waals surface area contributed by atoms with E-state index in [4.69, 9.17) is 0 Å². The van der Waals surface area contributed by atoms with E-state index >= 15 is 4.39 Å². The van der Waals surface area contributed by atoms with Crippen molar-refractivity contribution in [1.29, 1.82) is 0 Å². The van der Waals surface area contributed by atoms with Gasteiger partial charge in [-0.05, 0) is 90.6 Å². The number of rotatable bonds is 7. The Hall–Kier alpha value is -3.03. The van der Waals surface area contributed by atoms with Gasteiger partial charge in [-0.1, -0.05) is 31.9 Å². The second kappa shape index (κ2) is 10.5. The molecule has 0 saturated carbocycles. The van der Waals surface area contributed by atoms with Crippen molar-refractivity contribution < 1.29 is 35.5 Å². The molecule has 1 aliphatic carbocycles. The van der Waals surface area contributed by atoms with E-state index in [1.54, 1.807) is 0 Å². The number of halogens is 7. The van der Waals surface area contributed by atoms with Gasteiger partial charge in [0.05, 0.1) is 5.56 Å². The number of hydrogen-bond donors (Lipinski definition) is 0. The highest BCUT2D eigenvalue weighted by molar-refractivity contribution is 5.68. The zero-order valence-corrected chi connectivity index (χ0v) is 19.6. The van der Waals surface area contributed by atoms with Crippen molar-refractivity contribution in [3.8, 4) is 16.9 Å². The lowest BCUT2D eigenvalue weighted by Gasteiger charge is -2.27. The quantitative estimate of drug-likeness (QED) is 0.228. The van der Waals surface area contributed by atoms with Crippen molar-refractivity contribution in [2.45, 2.75) is 64.1 Å². The lowest BCUT2D eigenvalue weighted by atomic mass is 9.78. The van der Waals surface area contributed by atoms with Gasteiger partial charge in [0, 0.05) is 5.56 Å². The molecule has 0 aliphatic heterocycles. The topological polar surface area (TPSA) is 9.23 Å². The van der Waals surface area contributed by atoms with Crippen molar-refractivity contribution in [3.05, 3.63) is 88.0 Å². The van der Waals surface area contributed by atoms with Gasteiger partial charge in [0.25, 0.3) is 0 Å². The molecule has 0 bridgehead atoms. The van der Waals surface area contributed by atoms with Crippen LogP contribution in [0.5, 0.6) is 5.75 Å².